The number of nitrogens with zero attached hydrogens (tertiary/aromatic N) is 4. The molecule has 18 heavy (non-hydrogen) atoms. The standard InChI is InChI=1S/C11H12N4O2S/c1-7(16)8(2)18-11-12-13-14-15(11)9-3-5-10(17)6-4-9/h3-6,8,17H,1-2H3/t8-/m1/s1. The molecule has 1 atom stereocenters. The summed E-state index contributed by atoms with van der Waals surface area (Å²) in [4.78, 5) is 11.2. The van der Waals surface area contributed by atoms with Gasteiger partial charge in [-0.15, -0.1) is 5.10 Å². The Labute approximate surface area is 108 Å². The number of thioether (sulfide) groups is 1. The molecule has 0 fully saturated rings. The van der Waals surface area contributed by atoms with Crippen LogP contribution in [0.15, 0.2) is 29.4 Å². The fourth-order valence-corrected chi connectivity index (χ4v) is 2.06. The summed E-state index contributed by atoms with van der Waals surface area (Å²) in [5.74, 6) is 0.249. The number of hydrogen-bond donors (Lipinski definition) is 1. The van der Waals surface area contributed by atoms with Gasteiger partial charge in [0.05, 0.1) is 10.9 Å². The van der Waals surface area contributed by atoms with Crippen LogP contribution in [0.4, 0.5) is 0 Å². The van der Waals surface area contributed by atoms with Crippen LogP contribution in [0.1, 0.15) is 13.8 Å². The SMILES string of the molecule is CC(=O)[C@@H](C)Sc1nnnn1-c1ccc(O)cc1. The zero-order valence-electron chi connectivity index (χ0n) is 9.94. The summed E-state index contributed by atoms with van der Waals surface area (Å²) in [5, 5.41) is 20.9. The quantitative estimate of drug-likeness (QED) is 0.841. The normalized spacial score (nSPS) is 12.3. The van der Waals surface area contributed by atoms with Crippen molar-refractivity contribution in [2.75, 3.05) is 0 Å². The van der Waals surface area contributed by atoms with E-state index >= 15 is 0 Å². The van der Waals surface area contributed by atoms with Gasteiger partial charge in [0.25, 0.3) is 0 Å². The summed E-state index contributed by atoms with van der Waals surface area (Å²) in [6, 6.07) is 6.52. The molecule has 1 N–H and O–H groups in total. The summed E-state index contributed by atoms with van der Waals surface area (Å²) < 4.78 is 1.53. The van der Waals surface area contributed by atoms with Crippen LogP contribution in [0.3, 0.4) is 0 Å². The van der Waals surface area contributed by atoms with Gasteiger partial charge < -0.3 is 5.11 Å². The summed E-state index contributed by atoms with van der Waals surface area (Å²) in [6.07, 6.45) is 0. The van der Waals surface area contributed by atoms with Gasteiger partial charge in [0.2, 0.25) is 5.16 Å². The molecule has 0 saturated carbocycles. The summed E-state index contributed by atoms with van der Waals surface area (Å²) in [6.45, 7) is 3.34. The molecule has 7 heteroatoms. The highest BCUT2D eigenvalue weighted by Gasteiger charge is 2.15. The van der Waals surface area contributed by atoms with E-state index in [0.29, 0.717) is 5.16 Å². The lowest BCUT2D eigenvalue weighted by molar-refractivity contribution is -0.116. The van der Waals surface area contributed by atoms with Crippen LogP contribution >= 0.6 is 11.8 Å². The number of hydrogen-bond acceptors (Lipinski definition) is 6. The maximum Gasteiger partial charge on any atom is 0.214 e. The molecule has 2 aromatic rings. The van der Waals surface area contributed by atoms with Gasteiger partial charge in [-0.3, -0.25) is 4.79 Å². The number of phenolic OH excluding ortho intramolecular Hbond substituents is 1. The Morgan fingerprint density at radius 2 is 2.06 bits per heavy atom. The average molecular weight is 264 g/mol. The molecule has 1 aromatic heterocycles. The molecule has 0 aliphatic rings. The minimum Gasteiger partial charge on any atom is -0.508 e. The van der Waals surface area contributed by atoms with E-state index in [2.05, 4.69) is 15.5 Å². The first-order valence-corrected chi connectivity index (χ1v) is 6.21. The molecule has 0 aliphatic carbocycles. The van der Waals surface area contributed by atoms with Crippen LogP contribution in [0, 0.1) is 0 Å². The van der Waals surface area contributed by atoms with E-state index in [1.807, 2.05) is 6.92 Å². The highest BCUT2D eigenvalue weighted by Crippen LogP contribution is 2.23. The van der Waals surface area contributed by atoms with E-state index in [1.54, 1.807) is 24.3 Å². The van der Waals surface area contributed by atoms with E-state index in [0.717, 1.165) is 5.69 Å². The van der Waals surface area contributed by atoms with Crippen molar-refractivity contribution in [3.63, 3.8) is 0 Å². The number of benzene rings is 1. The van der Waals surface area contributed by atoms with Crippen LogP contribution in [0.5, 0.6) is 5.75 Å². The van der Waals surface area contributed by atoms with Crippen LogP contribution < -0.4 is 0 Å². The number of carbonyl (C=O) groups excluding carboxylic acids is 1. The van der Waals surface area contributed by atoms with Crippen molar-refractivity contribution in [3.8, 4) is 11.4 Å². The summed E-state index contributed by atoms with van der Waals surface area (Å²) >= 11 is 1.30. The molecule has 94 valence electrons. The lowest BCUT2D eigenvalue weighted by Crippen LogP contribution is -2.10. The predicted octanol–water partition coefficient (Wildman–Crippen LogP) is 1.44. The molecule has 0 saturated heterocycles. The van der Waals surface area contributed by atoms with Crippen molar-refractivity contribution < 1.29 is 9.90 Å². The second-order valence-electron chi connectivity index (χ2n) is 3.76. The Morgan fingerprint density at radius 3 is 2.67 bits per heavy atom. The van der Waals surface area contributed by atoms with Gasteiger partial charge in [-0.2, -0.15) is 4.68 Å². The molecule has 0 bridgehead atoms. The van der Waals surface area contributed by atoms with E-state index in [-0.39, 0.29) is 16.8 Å². The van der Waals surface area contributed by atoms with Crippen molar-refractivity contribution in [3.05, 3.63) is 24.3 Å². The molecule has 0 amide bonds. The minimum absolute atomic E-state index is 0.0697. The highest BCUT2D eigenvalue weighted by atomic mass is 32.2. The van der Waals surface area contributed by atoms with Gasteiger partial charge in [0.1, 0.15) is 11.5 Å². The third kappa shape index (κ3) is 2.67. The van der Waals surface area contributed by atoms with Gasteiger partial charge in [-0.05, 0) is 48.5 Å². The molecular weight excluding hydrogens is 252 g/mol. The Bertz CT molecular complexity index is 552. The zero-order chi connectivity index (χ0) is 13.1. The van der Waals surface area contributed by atoms with E-state index in [4.69, 9.17) is 0 Å². The lowest BCUT2D eigenvalue weighted by Gasteiger charge is -2.07. The molecule has 0 aliphatic heterocycles. The van der Waals surface area contributed by atoms with Crippen molar-refractivity contribution >= 4 is 17.5 Å². The molecule has 1 heterocycles. The number of aromatic hydroxyl groups is 1. The number of aromatic nitrogens is 4. The Kier molecular flexibility index (Phi) is 3.61. The lowest BCUT2D eigenvalue weighted by atomic mass is 10.3. The number of phenols is 1. The van der Waals surface area contributed by atoms with Crippen molar-refractivity contribution in [2.45, 2.75) is 24.3 Å². The first kappa shape index (κ1) is 12.6. The Hall–Kier alpha value is -1.89. The van der Waals surface area contributed by atoms with Gasteiger partial charge in [-0.25, -0.2) is 0 Å². The summed E-state index contributed by atoms with van der Waals surface area (Å²) in [7, 11) is 0. The van der Waals surface area contributed by atoms with E-state index in [1.165, 1.54) is 23.4 Å². The molecule has 1 aromatic carbocycles. The average Bonchev–Trinajstić information content (AvgIpc) is 2.78. The molecule has 2 rings (SSSR count). The second-order valence-corrected chi connectivity index (χ2v) is 5.07. The van der Waals surface area contributed by atoms with Crippen LogP contribution in [0.2, 0.25) is 0 Å². The van der Waals surface area contributed by atoms with Gasteiger partial charge in [-0.1, -0.05) is 11.8 Å². The fourth-order valence-electron chi connectivity index (χ4n) is 1.25. The number of rotatable bonds is 4. The Morgan fingerprint density at radius 1 is 1.39 bits per heavy atom. The van der Waals surface area contributed by atoms with Crippen molar-refractivity contribution in [1.82, 2.24) is 20.2 Å². The molecule has 0 unspecified atom stereocenters. The maximum atomic E-state index is 11.2. The smallest absolute Gasteiger partial charge is 0.214 e. The highest BCUT2D eigenvalue weighted by molar-refractivity contribution is 8.00. The van der Waals surface area contributed by atoms with Crippen LogP contribution in [-0.4, -0.2) is 36.3 Å². The van der Waals surface area contributed by atoms with Gasteiger partial charge in [0.15, 0.2) is 0 Å². The first-order chi connectivity index (χ1) is 8.58. The third-order valence-electron chi connectivity index (χ3n) is 2.39. The maximum absolute atomic E-state index is 11.2. The van der Waals surface area contributed by atoms with Crippen molar-refractivity contribution in [2.24, 2.45) is 0 Å². The minimum atomic E-state index is -0.202. The molecule has 0 radical (unpaired) electrons. The number of tetrazole rings is 1. The third-order valence-corrected chi connectivity index (χ3v) is 3.54. The molecule has 6 nitrogen and oxygen atoms in total. The van der Waals surface area contributed by atoms with Crippen LogP contribution in [-0.2, 0) is 4.79 Å². The number of carbonyl (C=O) groups is 1. The predicted molar refractivity (Wildman–Crippen MR) is 66.8 cm³/mol. The largest absolute Gasteiger partial charge is 0.508 e. The molecular formula is C11H12N4O2S. The van der Waals surface area contributed by atoms with Crippen LogP contribution in [0.25, 0.3) is 5.69 Å². The van der Waals surface area contributed by atoms with E-state index in [9.17, 15) is 9.90 Å². The monoisotopic (exact) mass is 264 g/mol. The fraction of sp³-hybridized carbons (Fsp3) is 0.273. The number of Topliss-reactive ketones (excluding diaryl/α,β-unsaturated/α-hetero) is 1. The molecule has 0 spiro atoms. The second kappa shape index (κ2) is 5.18. The first-order valence-electron chi connectivity index (χ1n) is 5.33. The van der Waals surface area contributed by atoms with Gasteiger partial charge in [0, 0.05) is 0 Å². The van der Waals surface area contributed by atoms with Gasteiger partial charge >= 0.3 is 0 Å². The number of ketones is 1. The topological polar surface area (TPSA) is 80.9 Å². The summed E-state index contributed by atoms with van der Waals surface area (Å²) in [5.41, 5.74) is 0.732. The zero-order valence-corrected chi connectivity index (χ0v) is 10.8. The van der Waals surface area contributed by atoms with E-state index < -0.39 is 0 Å². The Balaban J connectivity index is 2.27. The van der Waals surface area contributed by atoms with Crippen molar-refractivity contribution in [1.29, 1.82) is 0 Å².